The molecule has 0 N–H and O–H groups in total. The lowest BCUT2D eigenvalue weighted by atomic mass is 9.96. The molecule has 1 saturated carbocycles. The Morgan fingerprint density at radius 2 is 2.27 bits per heavy atom. The average molecular weight is 230 g/mol. The number of halogens is 1. The Labute approximate surface area is 90.4 Å². The fourth-order valence-corrected chi connectivity index (χ4v) is 1.42. The van der Waals surface area contributed by atoms with Crippen molar-refractivity contribution >= 4 is 17.3 Å². The molecule has 7 heteroatoms. The molecule has 15 heavy (non-hydrogen) atoms. The van der Waals surface area contributed by atoms with Crippen LogP contribution in [-0.4, -0.2) is 21.0 Å². The van der Waals surface area contributed by atoms with Gasteiger partial charge in [0.2, 0.25) is 5.15 Å². The van der Waals surface area contributed by atoms with Crippen molar-refractivity contribution in [3.8, 4) is 5.88 Å². The highest BCUT2D eigenvalue weighted by Gasteiger charge is 2.27. The van der Waals surface area contributed by atoms with Gasteiger partial charge in [-0.05, 0) is 19.3 Å². The van der Waals surface area contributed by atoms with Gasteiger partial charge in [-0.25, -0.2) is 4.98 Å². The molecule has 1 fully saturated rings. The van der Waals surface area contributed by atoms with Crippen LogP contribution in [0.2, 0.25) is 5.15 Å². The standard InChI is InChI=1S/C8H8ClN3O3/c9-7-6(12(13)14)8(11-4-10-7)15-5-2-1-3-5/h4-5H,1-3H2. The second kappa shape index (κ2) is 3.98. The van der Waals surface area contributed by atoms with Gasteiger partial charge in [-0.1, -0.05) is 11.6 Å². The third-order valence-corrected chi connectivity index (χ3v) is 2.53. The van der Waals surface area contributed by atoms with Crippen molar-refractivity contribution in [2.75, 3.05) is 0 Å². The van der Waals surface area contributed by atoms with Crippen LogP contribution in [0.3, 0.4) is 0 Å². The van der Waals surface area contributed by atoms with E-state index in [2.05, 4.69) is 9.97 Å². The summed E-state index contributed by atoms with van der Waals surface area (Å²) in [6.45, 7) is 0. The second-order valence-corrected chi connectivity index (χ2v) is 3.60. The van der Waals surface area contributed by atoms with Gasteiger partial charge in [-0.2, -0.15) is 4.98 Å². The maximum atomic E-state index is 10.7. The van der Waals surface area contributed by atoms with Crippen LogP contribution in [0, 0.1) is 10.1 Å². The molecule has 1 aromatic heterocycles. The van der Waals surface area contributed by atoms with Crippen LogP contribution in [0.5, 0.6) is 5.88 Å². The molecular formula is C8H8ClN3O3. The van der Waals surface area contributed by atoms with E-state index in [1.165, 1.54) is 0 Å². The highest BCUT2D eigenvalue weighted by molar-refractivity contribution is 6.31. The molecule has 0 spiro atoms. The third kappa shape index (κ3) is 1.99. The zero-order chi connectivity index (χ0) is 10.8. The first kappa shape index (κ1) is 10.1. The van der Waals surface area contributed by atoms with Crippen molar-refractivity contribution in [3.63, 3.8) is 0 Å². The van der Waals surface area contributed by atoms with E-state index < -0.39 is 4.92 Å². The quantitative estimate of drug-likeness (QED) is 0.450. The van der Waals surface area contributed by atoms with Gasteiger partial charge in [-0.3, -0.25) is 10.1 Å². The topological polar surface area (TPSA) is 78.2 Å². The number of ether oxygens (including phenoxy) is 1. The Hall–Kier alpha value is -1.43. The van der Waals surface area contributed by atoms with Crippen LogP contribution >= 0.6 is 11.6 Å². The Balaban J connectivity index is 2.27. The molecule has 0 radical (unpaired) electrons. The summed E-state index contributed by atoms with van der Waals surface area (Å²) in [6, 6.07) is 0. The lowest BCUT2D eigenvalue weighted by Gasteiger charge is -2.25. The second-order valence-electron chi connectivity index (χ2n) is 3.25. The van der Waals surface area contributed by atoms with E-state index in [0.29, 0.717) is 0 Å². The van der Waals surface area contributed by atoms with Gasteiger partial charge in [-0.15, -0.1) is 0 Å². The van der Waals surface area contributed by atoms with Crippen molar-refractivity contribution < 1.29 is 9.66 Å². The molecule has 6 nitrogen and oxygen atoms in total. The lowest BCUT2D eigenvalue weighted by molar-refractivity contribution is -0.386. The molecule has 0 bridgehead atoms. The van der Waals surface area contributed by atoms with Crippen molar-refractivity contribution in [2.24, 2.45) is 0 Å². The van der Waals surface area contributed by atoms with Crippen molar-refractivity contribution in [1.82, 2.24) is 9.97 Å². The molecular weight excluding hydrogens is 222 g/mol. The van der Waals surface area contributed by atoms with Gasteiger partial charge in [0, 0.05) is 0 Å². The summed E-state index contributed by atoms with van der Waals surface area (Å²) < 4.78 is 5.35. The molecule has 1 aliphatic carbocycles. The Morgan fingerprint density at radius 1 is 1.53 bits per heavy atom. The van der Waals surface area contributed by atoms with E-state index in [0.717, 1.165) is 25.6 Å². The van der Waals surface area contributed by atoms with Crippen molar-refractivity contribution in [1.29, 1.82) is 0 Å². The van der Waals surface area contributed by atoms with Crippen LogP contribution in [0.1, 0.15) is 19.3 Å². The molecule has 0 unspecified atom stereocenters. The van der Waals surface area contributed by atoms with Gasteiger partial charge in [0.25, 0.3) is 5.88 Å². The van der Waals surface area contributed by atoms with E-state index in [1.807, 2.05) is 0 Å². The normalized spacial score (nSPS) is 15.8. The van der Waals surface area contributed by atoms with Gasteiger partial charge < -0.3 is 4.74 Å². The van der Waals surface area contributed by atoms with Gasteiger partial charge >= 0.3 is 5.69 Å². The van der Waals surface area contributed by atoms with E-state index >= 15 is 0 Å². The first-order valence-electron chi connectivity index (χ1n) is 4.50. The third-order valence-electron chi connectivity index (χ3n) is 2.26. The van der Waals surface area contributed by atoms with E-state index in [1.54, 1.807) is 0 Å². The molecule has 2 rings (SSSR count). The van der Waals surface area contributed by atoms with Gasteiger partial charge in [0.1, 0.15) is 12.4 Å². The molecule has 1 aliphatic rings. The van der Waals surface area contributed by atoms with Gasteiger partial charge in [0.15, 0.2) is 0 Å². The largest absolute Gasteiger partial charge is 0.469 e. The molecule has 0 amide bonds. The van der Waals surface area contributed by atoms with Crippen LogP contribution in [0.25, 0.3) is 0 Å². The molecule has 0 atom stereocenters. The van der Waals surface area contributed by atoms with E-state index in [-0.39, 0.29) is 22.8 Å². The molecule has 0 saturated heterocycles. The lowest BCUT2D eigenvalue weighted by Crippen LogP contribution is -2.25. The first-order chi connectivity index (χ1) is 7.18. The predicted molar refractivity (Wildman–Crippen MR) is 52.0 cm³/mol. The zero-order valence-corrected chi connectivity index (χ0v) is 8.48. The van der Waals surface area contributed by atoms with Crippen LogP contribution in [0.4, 0.5) is 5.69 Å². The summed E-state index contributed by atoms with van der Waals surface area (Å²) in [7, 11) is 0. The summed E-state index contributed by atoms with van der Waals surface area (Å²) in [5, 5.41) is 10.5. The monoisotopic (exact) mass is 229 g/mol. The highest BCUT2D eigenvalue weighted by atomic mass is 35.5. The Bertz CT molecular complexity index is 395. The summed E-state index contributed by atoms with van der Waals surface area (Å²) in [5.74, 6) is -0.0373. The Kier molecular flexibility index (Phi) is 2.68. The minimum absolute atomic E-state index is 0.0228. The van der Waals surface area contributed by atoms with Crippen LogP contribution < -0.4 is 4.74 Å². The molecule has 1 aromatic rings. The number of rotatable bonds is 3. The summed E-state index contributed by atoms with van der Waals surface area (Å²) >= 11 is 5.60. The summed E-state index contributed by atoms with van der Waals surface area (Å²) in [5.41, 5.74) is -0.355. The maximum Gasteiger partial charge on any atom is 0.367 e. The molecule has 80 valence electrons. The number of aromatic nitrogens is 2. The van der Waals surface area contributed by atoms with Crippen LogP contribution in [0.15, 0.2) is 6.33 Å². The number of nitrogens with zero attached hydrogens (tertiary/aromatic N) is 3. The van der Waals surface area contributed by atoms with E-state index in [4.69, 9.17) is 16.3 Å². The van der Waals surface area contributed by atoms with Gasteiger partial charge in [0.05, 0.1) is 4.92 Å². The Morgan fingerprint density at radius 3 is 2.80 bits per heavy atom. The molecule has 0 aromatic carbocycles. The molecule has 1 heterocycles. The predicted octanol–water partition coefficient (Wildman–Crippen LogP) is 1.97. The fourth-order valence-electron chi connectivity index (χ4n) is 1.23. The number of hydrogen-bond acceptors (Lipinski definition) is 5. The molecule has 0 aliphatic heterocycles. The maximum absolute atomic E-state index is 10.7. The number of nitro groups is 1. The fraction of sp³-hybridized carbons (Fsp3) is 0.500. The first-order valence-corrected chi connectivity index (χ1v) is 4.88. The minimum Gasteiger partial charge on any atom is -0.469 e. The average Bonchev–Trinajstić information content (AvgIpc) is 2.10. The number of hydrogen-bond donors (Lipinski definition) is 0. The smallest absolute Gasteiger partial charge is 0.367 e. The van der Waals surface area contributed by atoms with E-state index in [9.17, 15) is 10.1 Å². The SMILES string of the molecule is O=[N+]([O-])c1c(Cl)ncnc1OC1CCC1. The minimum atomic E-state index is -0.629. The highest BCUT2D eigenvalue weighted by Crippen LogP contribution is 2.33. The summed E-state index contributed by atoms with van der Waals surface area (Å²) in [4.78, 5) is 17.3. The van der Waals surface area contributed by atoms with Crippen LogP contribution in [-0.2, 0) is 0 Å². The van der Waals surface area contributed by atoms with Crippen molar-refractivity contribution in [3.05, 3.63) is 21.6 Å². The zero-order valence-electron chi connectivity index (χ0n) is 7.72. The van der Waals surface area contributed by atoms with Crippen molar-refractivity contribution in [2.45, 2.75) is 25.4 Å². The summed E-state index contributed by atoms with van der Waals surface area (Å²) in [6.07, 6.45) is 4.06.